The van der Waals surface area contributed by atoms with Crippen molar-refractivity contribution in [2.45, 2.75) is 26.2 Å². The Kier molecular flexibility index (Phi) is 3.90. The zero-order valence-electron chi connectivity index (χ0n) is 8.48. The number of rotatable bonds is 3. The molecule has 78 valence electrons. The van der Waals surface area contributed by atoms with E-state index in [0.717, 1.165) is 6.42 Å². The van der Waals surface area contributed by atoms with E-state index in [4.69, 9.17) is 17.3 Å². The van der Waals surface area contributed by atoms with Gasteiger partial charge in [-0.05, 0) is 49.1 Å². The summed E-state index contributed by atoms with van der Waals surface area (Å²) in [7, 11) is 0. The molecule has 1 rings (SSSR count). The molecule has 0 saturated heterocycles. The van der Waals surface area contributed by atoms with Crippen LogP contribution in [0.5, 0.6) is 0 Å². The first-order valence-electron chi connectivity index (χ1n) is 4.72. The highest BCUT2D eigenvalue weighted by atomic mass is 35.5. The van der Waals surface area contributed by atoms with Gasteiger partial charge in [-0.3, -0.25) is 0 Å². The molecule has 1 unspecified atom stereocenters. The minimum atomic E-state index is -0.157. The van der Waals surface area contributed by atoms with E-state index in [-0.39, 0.29) is 11.7 Å². The molecule has 3 heteroatoms. The van der Waals surface area contributed by atoms with Crippen molar-refractivity contribution in [1.82, 2.24) is 0 Å². The van der Waals surface area contributed by atoms with E-state index in [9.17, 15) is 4.39 Å². The summed E-state index contributed by atoms with van der Waals surface area (Å²) in [4.78, 5) is 0. The van der Waals surface area contributed by atoms with E-state index >= 15 is 0 Å². The second-order valence-corrected chi connectivity index (χ2v) is 4.04. The highest BCUT2D eigenvalue weighted by Crippen LogP contribution is 2.27. The summed E-state index contributed by atoms with van der Waals surface area (Å²) in [5.41, 5.74) is 6.70. The molecule has 0 saturated carbocycles. The van der Waals surface area contributed by atoms with E-state index in [1.54, 1.807) is 19.1 Å². The van der Waals surface area contributed by atoms with Gasteiger partial charge in [-0.1, -0.05) is 18.5 Å². The van der Waals surface area contributed by atoms with Crippen molar-refractivity contribution in [3.05, 3.63) is 34.1 Å². The fourth-order valence-electron chi connectivity index (χ4n) is 1.52. The van der Waals surface area contributed by atoms with Crippen LogP contribution in [0.3, 0.4) is 0 Å². The van der Waals surface area contributed by atoms with E-state index in [1.165, 1.54) is 0 Å². The monoisotopic (exact) mass is 215 g/mol. The smallest absolute Gasteiger partial charge is 0.129 e. The summed E-state index contributed by atoms with van der Waals surface area (Å²) in [5.74, 6) is -0.0345. The van der Waals surface area contributed by atoms with Gasteiger partial charge in [0.25, 0.3) is 0 Å². The molecule has 0 aliphatic carbocycles. The van der Waals surface area contributed by atoms with Gasteiger partial charge in [-0.25, -0.2) is 4.39 Å². The van der Waals surface area contributed by atoms with Crippen LogP contribution >= 0.6 is 11.6 Å². The summed E-state index contributed by atoms with van der Waals surface area (Å²) in [5, 5.41) is 0.586. The first kappa shape index (κ1) is 11.5. The summed E-state index contributed by atoms with van der Waals surface area (Å²) in [6, 6.07) is 3.32. The lowest BCUT2D eigenvalue weighted by Gasteiger charge is -2.13. The lowest BCUT2D eigenvalue weighted by Crippen LogP contribution is -2.06. The van der Waals surface area contributed by atoms with Crippen molar-refractivity contribution in [3.8, 4) is 0 Å². The van der Waals surface area contributed by atoms with Gasteiger partial charge < -0.3 is 5.73 Å². The Morgan fingerprint density at radius 1 is 1.50 bits per heavy atom. The lowest BCUT2D eigenvalue weighted by molar-refractivity contribution is 0.570. The number of hydrogen-bond acceptors (Lipinski definition) is 1. The third-order valence-corrected chi connectivity index (χ3v) is 2.60. The Morgan fingerprint density at radius 2 is 2.14 bits per heavy atom. The second kappa shape index (κ2) is 4.76. The molecule has 0 fully saturated rings. The Bertz CT molecular complexity index is 325. The van der Waals surface area contributed by atoms with Gasteiger partial charge in [0.2, 0.25) is 0 Å². The minimum absolute atomic E-state index is 0.123. The molecule has 0 amide bonds. The molecule has 0 aliphatic heterocycles. The molecule has 0 aromatic heterocycles. The maximum absolute atomic E-state index is 13.7. The number of nitrogens with two attached hydrogens (primary N) is 1. The zero-order valence-corrected chi connectivity index (χ0v) is 9.24. The van der Waals surface area contributed by atoms with Crippen molar-refractivity contribution < 1.29 is 4.39 Å². The Morgan fingerprint density at radius 3 is 2.71 bits per heavy atom. The molecule has 1 nitrogen and oxygen atoms in total. The molecule has 1 aromatic rings. The molecule has 0 aliphatic rings. The van der Waals surface area contributed by atoms with Crippen LogP contribution in [0.25, 0.3) is 0 Å². The summed E-state index contributed by atoms with van der Waals surface area (Å²) >= 11 is 5.87. The van der Waals surface area contributed by atoms with Gasteiger partial charge in [-0.2, -0.15) is 0 Å². The van der Waals surface area contributed by atoms with Gasteiger partial charge in [0.15, 0.2) is 0 Å². The van der Waals surface area contributed by atoms with E-state index in [1.807, 2.05) is 6.92 Å². The SMILES string of the molecule is Cc1cc(Cl)cc(C(C)CCN)c1F. The molecular formula is C11H15ClFN. The molecular weight excluding hydrogens is 201 g/mol. The number of benzene rings is 1. The molecule has 0 bridgehead atoms. The minimum Gasteiger partial charge on any atom is -0.330 e. The van der Waals surface area contributed by atoms with E-state index < -0.39 is 0 Å². The molecule has 1 atom stereocenters. The number of aryl methyl sites for hydroxylation is 1. The summed E-state index contributed by atoms with van der Waals surface area (Å²) < 4.78 is 13.7. The molecule has 0 spiro atoms. The topological polar surface area (TPSA) is 26.0 Å². The molecule has 0 heterocycles. The molecule has 0 radical (unpaired) electrons. The highest BCUT2D eigenvalue weighted by Gasteiger charge is 2.13. The van der Waals surface area contributed by atoms with Crippen molar-refractivity contribution in [1.29, 1.82) is 0 Å². The summed E-state index contributed by atoms with van der Waals surface area (Å²) in [6.45, 7) is 4.24. The molecule has 1 aromatic carbocycles. The Labute approximate surface area is 89.1 Å². The highest BCUT2D eigenvalue weighted by molar-refractivity contribution is 6.30. The van der Waals surface area contributed by atoms with Crippen LogP contribution < -0.4 is 5.73 Å². The van der Waals surface area contributed by atoms with Crippen LogP contribution in [0.2, 0.25) is 5.02 Å². The largest absolute Gasteiger partial charge is 0.330 e. The van der Waals surface area contributed by atoms with Crippen LogP contribution in [0.4, 0.5) is 4.39 Å². The van der Waals surface area contributed by atoms with Crippen LogP contribution in [-0.2, 0) is 0 Å². The van der Waals surface area contributed by atoms with Gasteiger partial charge in [0.1, 0.15) is 5.82 Å². The van der Waals surface area contributed by atoms with Gasteiger partial charge in [-0.15, -0.1) is 0 Å². The zero-order chi connectivity index (χ0) is 10.7. The van der Waals surface area contributed by atoms with E-state index in [2.05, 4.69) is 0 Å². The van der Waals surface area contributed by atoms with Gasteiger partial charge in [0, 0.05) is 5.02 Å². The second-order valence-electron chi connectivity index (χ2n) is 3.60. The summed E-state index contributed by atoms with van der Waals surface area (Å²) in [6.07, 6.45) is 0.775. The Hall–Kier alpha value is -0.600. The predicted octanol–water partition coefficient (Wildman–Crippen LogP) is 3.24. The normalized spacial score (nSPS) is 12.9. The maximum Gasteiger partial charge on any atom is 0.129 e. The quantitative estimate of drug-likeness (QED) is 0.823. The van der Waals surface area contributed by atoms with Gasteiger partial charge in [0.05, 0.1) is 0 Å². The molecule has 2 N–H and O–H groups in total. The maximum atomic E-state index is 13.7. The van der Waals surface area contributed by atoms with Crippen molar-refractivity contribution >= 4 is 11.6 Å². The van der Waals surface area contributed by atoms with Crippen molar-refractivity contribution in [2.75, 3.05) is 6.54 Å². The third kappa shape index (κ3) is 2.46. The average molecular weight is 216 g/mol. The molecule has 14 heavy (non-hydrogen) atoms. The first-order valence-corrected chi connectivity index (χ1v) is 5.09. The fraction of sp³-hybridized carbons (Fsp3) is 0.455. The standard InChI is InChI=1S/C11H15ClFN/c1-7(3-4-14)10-6-9(12)5-8(2)11(10)13/h5-7H,3-4,14H2,1-2H3. The van der Waals surface area contributed by atoms with Gasteiger partial charge >= 0.3 is 0 Å². The van der Waals surface area contributed by atoms with E-state index in [0.29, 0.717) is 22.7 Å². The van der Waals surface area contributed by atoms with Crippen LogP contribution in [0, 0.1) is 12.7 Å². The van der Waals surface area contributed by atoms with Crippen molar-refractivity contribution in [3.63, 3.8) is 0 Å². The third-order valence-electron chi connectivity index (χ3n) is 2.38. The average Bonchev–Trinajstić information content (AvgIpc) is 2.11. The first-order chi connectivity index (χ1) is 6.56. The van der Waals surface area contributed by atoms with Crippen molar-refractivity contribution in [2.24, 2.45) is 5.73 Å². The fourth-order valence-corrected chi connectivity index (χ4v) is 1.80. The number of hydrogen-bond donors (Lipinski definition) is 1. The van der Waals surface area contributed by atoms with Crippen LogP contribution in [0.15, 0.2) is 12.1 Å². The number of halogens is 2. The lowest BCUT2D eigenvalue weighted by atomic mass is 9.95. The predicted molar refractivity (Wildman–Crippen MR) is 58.2 cm³/mol. The van der Waals surface area contributed by atoms with Crippen LogP contribution in [0.1, 0.15) is 30.4 Å². The van der Waals surface area contributed by atoms with Crippen LogP contribution in [-0.4, -0.2) is 6.54 Å². The Balaban J connectivity index is 3.07.